The van der Waals surface area contributed by atoms with Crippen LogP contribution in [0.3, 0.4) is 0 Å². The van der Waals surface area contributed by atoms with Crippen LogP contribution in [0.4, 0.5) is 18.9 Å². The smallest absolute Gasteiger partial charge is 0.397 e. The van der Waals surface area contributed by atoms with Gasteiger partial charge in [0.15, 0.2) is 0 Å². The molecule has 2 N–H and O–H groups in total. The summed E-state index contributed by atoms with van der Waals surface area (Å²) in [6.45, 7) is 0. The lowest BCUT2D eigenvalue weighted by atomic mass is 10.1. The Morgan fingerprint density at radius 1 is 1.16 bits per heavy atom. The van der Waals surface area contributed by atoms with Gasteiger partial charge < -0.3 is 10.4 Å². The summed E-state index contributed by atoms with van der Waals surface area (Å²) in [5.41, 5.74) is 0.976. The maximum absolute atomic E-state index is 11.9. The highest BCUT2D eigenvalue weighted by molar-refractivity contribution is 5.91. The number of aryl methyl sites for hydroxylation is 1. The molecular formula is C12H12F3NO3. The van der Waals surface area contributed by atoms with E-state index in [1.54, 1.807) is 12.1 Å². The number of anilines is 1. The summed E-state index contributed by atoms with van der Waals surface area (Å²) in [5, 5.41) is 10.6. The standard InChI is InChI=1S/C12H12F3NO3/c13-12(14,15)7-10(17)16-9-4-1-8(2-5-9)3-6-11(18)19/h1-2,4-5H,3,6-7H2,(H,16,17)(H,18,19). The van der Waals surface area contributed by atoms with E-state index in [1.807, 2.05) is 0 Å². The van der Waals surface area contributed by atoms with Crippen LogP contribution < -0.4 is 5.32 Å². The first kappa shape index (κ1) is 15.0. The number of alkyl halides is 3. The summed E-state index contributed by atoms with van der Waals surface area (Å²) in [6, 6.07) is 6.00. The fraction of sp³-hybridized carbons (Fsp3) is 0.333. The second-order valence-corrected chi connectivity index (χ2v) is 3.93. The molecule has 0 aromatic heterocycles. The van der Waals surface area contributed by atoms with E-state index in [4.69, 9.17) is 5.11 Å². The maximum Gasteiger partial charge on any atom is 0.397 e. The normalized spacial score (nSPS) is 11.1. The summed E-state index contributed by atoms with van der Waals surface area (Å²) in [4.78, 5) is 21.4. The van der Waals surface area contributed by atoms with Crippen LogP contribution in [0, 0.1) is 0 Å². The minimum atomic E-state index is -4.54. The minimum absolute atomic E-state index is 0.0280. The van der Waals surface area contributed by atoms with Crippen molar-refractivity contribution in [1.82, 2.24) is 0 Å². The van der Waals surface area contributed by atoms with Crippen molar-refractivity contribution in [3.05, 3.63) is 29.8 Å². The number of carbonyl (C=O) groups excluding carboxylic acids is 1. The minimum Gasteiger partial charge on any atom is -0.481 e. The number of carbonyl (C=O) groups is 2. The molecule has 0 heterocycles. The Hall–Kier alpha value is -2.05. The van der Waals surface area contributed by atoms with Gasteiger partial charge in [0.05, 0.1) is 0 Å². The topological polar surface area (TPSA) is 66.4 Å². The summed E-state index contributed by atoms with van der Waals surface area (Å²) in [6.07, 6.45) is -5.77. The van der Waals surface area contributed by atoms with Crippen LogP contribution in [-0.4, -0.2) is 23.2 Å². The van der Waals surface area contributed by atoms with Crippen LogP contribution in [0.5, 0.6) is 0 Å². The van der Waals surface area contributed by atoms with Gasteiger partial charge in [0.1, 0.15) is 6.42 Å². The molecule has 0 spiro atoms. The van der Waals surface area contributed by atoms with Gasteiger partial charge in [-0.3, -0.25) is 9.59 Å². The van der Waals surface area contributed by atoms with Crippen molar-refractivity contribution < 1.29 is 27.9 Å². The van der Waals surface area contributed by atoms with E-state index in [0.29, 0.717) is 6.42 Å². The molecule has 0 bridgehead atoms. The van der Waals surface area contributed by atoms with E-state index < -0.39 is 24.5 Å². The van der Waals surface area contributed by atoms with Crippen molar-refractivity contribution in [2.24, 2.45) is 0 Å². The van der Waals surface area contributed by atoms with E-state index in [2.05, 4.69) is 5.32 Å². The molecule has 0 unspecified atom stereocenters. The van der Waals surface area contributed by atoms with Crippen LogP contribution >= 0.6 is 0 Å². The van der Waals surface area contributed by atoms with Gasteiger partial charge >= 0.3 is 12.1 Å². The van der Waals surface area contributed by atoms with Crippen LogP contribution in [0.2, 0.25) is 0 Å². The fourth-order valence-electron chi connectivity index (χ4n) is 1.39. The summed E-state index contributed by atoms with van der Waals surface area (Å²) in [5.74, 6) is -2.06. The molecule has 0 aliphatic heterocycles. The molecule has 0 saturated carbocycles. The average molecular weight is 275 g/mol. The third-order valence-electron chi connectivity index (χ3n) is 2.23. The molecule has 0 saturated heterocycles. The predicted molar refractivity (Wildman–Crippen MR) is 61.7 cm³/mol. The monoisotopic (exact) mass is 275 g/mol. The molecule has 0 atom stereocenters. The van der Waals surface area contributed by atoms with Gasteiger partial charge in [-0.15, -0.1) is 0 Å². The number of hydrogen-bond acceptors (Lipinski definition) is 2. The van der Waals surface area contributed by atoms with Gasteiger partial charge in [-0.1, -0.05) is 12.1 Å². The Bertz CT molecular complexity index is 454. The number of aliphatic carboxylic acids is 1. The molecule has 1 amide bonds. The zero-order chi connectivity index (χ0) is 14.5. The maximum atomic E-state index is 11.9. The summed E-state index contributed by atoms with van der Waals surface area (Å²) < 4.78 is 35.8. The number of rotatable bonds is 5. The first-order valence-corrected chi connectivity index (χ1v) is 5.43. The SMILES string of the molecule is O=C(O)CCc1ccc(NC(=O)CC(F)(F)F)cc1. The second kappa shape index (κ2) is 6.21. The van der Waals surface area contributed by atoms with Gasteiger partial charge in [0, 0.05) is 12.1 Å². The molecule has 1 rings (SSSR count). The number of halogens is 3. The highest BCUT2D eigenvalue weighted by Crippen LogP contribution is 2.20. The van der Waals surface area contributed by atoms with Crippen molar-refractivity contribution in [3.63, 3.8) is 0 Å². The van der Waals surface area contributed by atoms with Crippen molar-refractivity contribution in [2.75, 3.05) is 5.32 Å². The highest BCUT2D eigenvalue weighted by Gasteiger charge is 2.31. The average Bonchev–Trinajstić information content (AvgIpc) is 2.25. The number of carboxylic acid groups (broad SMARTS) is 1. The van der Waals surface area contributed by atoms with E-state index in [0.717, 1.165) is 5.56 Å². The van der Waals surface area contributed by atoms with Gasteiger partial charge in [0.25, 0.3) is 0 Å². The number of benzene rings is 1. The number of amides is 1. The number of carboxylic acids is 1. The first-order valence-electron chi connectivity index (χ1n) is 5.43. The lowest BCUT2D eigenvalue weighted by Crippen LogP contribution is -2.21. The Morgan fingerprint density at radius 3 is 2.21 bits per heavy atom. The van der Waals surface area contributed by atoms with Gasteiger partial charge in [-0.05, 0) is 24.1 Å². The molecular weight excluding hydrogens is 263 g/mol. The van der Waals surface area contributed by atoms with Gasteiger partial charge in [0.2, 0.25) is 5.91 Å². The molecule has 4 nitrogen and oxygen atoms in total. The van der Waals surface area contributed by atoms with E-state index in [1.165, 1.54) is 12.1 Å². The van der Waals surface area contributed by atoms with Crippen molar-refractivity contribution in [2.45, 2.75) is 25.4 Å². The predicted octanol–water partition coefficient (Wildman–Crippen LogP) is 2.59. The molecule has 0 aliphatic carbocycles. The Balaban J connectivity index is 2.52. The van der Waals surface area contributed by atoms with Crippen LogP contribution in [-0.2, 0) is 16.0 Å². The van der Waals surface area contributed by atoms with E-state index >= 15 is 0 Å². The third kappa shape index (κ3) is 6.44. The van der Waals surface area contributed by atoms with E-state index in [-0.39, 0.29) is 12.1 Å². The summed E-state index contributed by atoms with van der Waals surface area (Å²) >= 11 is 0. The van der Waals surface area contributed by atoms with Crippen LogP contribution in [0.15, 0.2) is 24.3 Å². The molecule has 1 aromatic carbocycles. The van der Waals surface area contributed by atoms with E-state index in [9.17, 15) is 22.8 Å². The number of hydrogen-bond donors (Lipinski definition) is 2. The molecule has 0 fully saturated rings. The quantitative estimate of drug-likeness (QED) is 0.868. The molecule has 104 valence electrons. The zero-order valence-corrected chi connectivity index (χ0v) is 9.83. The van der Waals surface area contributed by atoms with Crippen LogP contribution in [0.25, 0.3) is 0 Å². The molecule has 7 heteroatoms. The Kier molecular flexibility index (Phi) is 4.91. The lowest BCUT2D eigenvalue weighted by molar-refractivity contribution is -0.150. The molecule has 1 aromatic rings. The van der Waals surface area contributed by atoms with Crippen LogP contribution in [0.1, 0.15) is 18.4 Å². The highest BCUT2D eigenvalue weighted by atomic mass is 19.4. The number of nitrogens with one attached hydrogen (secondary N) is 1. The molecule has 0 aliphatic rings. The third-order valence-corrected chi connectivity index (χ3v) is 2.23. The summed E-state index contributed by atoms with van der Waals surface area (Å²) in [7, 11) is 0. The molecule has 0 radical (unpaired) electrons. The second-order valence-electron chi connectivity index (χ2n) is 3.93. The lowest BCUT2D eigenvalue weighted by Gasteiger charge is -2.08. The zero-order valence-electron chi connectivity index (χ0n) is 9.83. The van der Waals surface area contributed by atoms with Gasteiger partial charge in [-0.2, -0.15) is 13.2 Å². The fourth-order valence-corrected chi connectivity index (χ4v) is 1.39. The van der Waals surface area contributed by atoms with Crippen molar-refractivity contribution >= 4 is 17.6 Å². The molecule has 19 heavy (non-hydrogen) atoms. The largest absolute Gasteiger partial charge is 0.481 e. The Labute approximate surface area is 107 Å². The van der Waals surface area contributed by atoms with Crippen molar-refractivity contribution in [1.29, 1.82) is 0 Å². The van der Waals surface area contributed by atoms with Crippen molar-refractivity contribution in [3.8, 4) is 0 Å². The first-order chi connectivity index (χ1) is 8.76. The Morgan fingerprint density at radius 2 is 1.74 bits per heavy atom. The van der Waals surface area contributed by atoms with Gasteiger partial charge in [-0.25, -0.2) is 0 Å².